The third kappa shape index (κ3) is 3.03. The predicted molar refractivity (Wildman–Crippen MR) is 75.7 cm³/mol. The lowest BCUT2D eigenvalue weighted by molar-refractivity contribution is 0.0697. The minimum absolute atomic E-state index is 0.0288. The summed E-state index contributed by atoms with van der Waals surface area (Å²) in [6, 6.07) is 5.42. The highest BCUT2D eigenvalue weighted by atomic mass is 127. The molecule has 0 aliphatic heterocycles. The van der Waals surface area contributed by atoms with E-state index in [4.69, 9.17) is 5.11 Å². The number of carboxylic acids is 1. The average Bonchev–Trinajstić information content (AvgIpc) is 2.36. The summed E-state index contributed by atoms with van der Waals surface area (Å²) in [5.74, 6) is -4.57. The van der Waals surface area contributed by atoms with Gasteiger partial charge in [0.15, 0.2) is 11.6 Å². The third-order valence-corrected chi connectivity index (χ3v) is 3.16. The number of hydrogen-bond donors (Lipinski definition) is 2. The first-order valence-electron chi connectivity index (χ1n) is 5.33. The first kappa shape index (κ1) is 14.6. The summed E-state index contributed by atoms with van der Waals surface area (Å²) in [6.45, 7) is 0. The van der Waals surface area contributed by atoms with Gasteiger partial charge < -0.3 is 10.4 Å². The standard InChI is InChI=1S/C13H7F3INO2/c14-8-4-7(13(19)20)12(5-9(8)15)18-11-2-1-6(17)3-10(11)16/h1-5,18H,(H,19,20). The number of benzene rings is 2. The van der Waals surface area contributed by atoms with Crippen LogP contribution in [0.15, 0.2) is 30.3 Å². The SMILES string of the molecule is O=C(O)c1cc(F)c(F)cc1Nc1ccc(I)cc1F. The van der Waals surface area contributed by atoms with Gasteiger partial charge in [-0.3, -0.25) is 0 Å². The first-order chi connectivity index (χ1) is 9.38. The molecule has 3 nitrogen and oxygen atoms in total. The van der Waals surface area contributed by atoms with Gasteiger partial charge in [0.2, 0.25) is 0 Å². The van der Waals surface area contributed by atoms with Crippen molar-refractivity contribution in [3.05, 3.63) is 56.9 Å². The summed E-state index contributed by atoms with van der Waals surface area (Å²) in [6.07, 6.45) is 0. The molecule has 0 radical (unpaired) electrons. The molecule has 0 amide bonds. The molecule has 0 aromatic heterocycles. The Labute approximate surface area is 125 Å². The lowest BCUT2D eigenvalue weighted by Gasteiger charge is -2.11. The smallest absolute Gasteiger partial charge is 0.337 e. The Kier molecular flexibility index (Phi) is 4.17. The number of carbonyl (C=O) groups is 1. The molecule has 0 bridgehead atoms. The Hall–Kier alpha value is -1.77. The van der Waals surface area contributed by atoms with E-state index in [9.17, 15) is 18.0 Å². The van der Waals surface area contributed by atoms with Crippen molar-refractivity contribution in [3.63, 3.8) is 0 Å². The van der Waals surface area contributed by atoms with Crippen molar-refractivity contribution in [2.45, 2.75) is 0 Å². The van der Waals surface area contributed by atoms with Gasteiger partial charge in [0.1, 0.15) is 5.82 Å². The van der Waals surface area contributed by atoms with E-state index < -0.39 is 29.0 Å². The Balaban J connectivity index is 2.47. The normalized spacial score (nSPS) is 10.4. The van der Waals surface area contributed by atoms with E-state index in [1.54, 1.807) is 6.07 Å². The maximum absolute atomic E-state index is 13.7. The second-order valence-corrected chi connectivity index (χ2v) is 5.11. The lowest BCUT2D eigenvalue weighted by atomic mass is 10.1. The summed E-state index contributed by atoms with van der Waals surface area (Å²) in [7, 11) is 0. The zero-order valence-electron chi connectivity index (χ0n) is 9.75. The average molecular weight is 393 g/mol. The fourth-order valence-corrected chi connectivity index (χ4v) is 2.02. The second kappa shape index (κ2) is 5.70. The van der Waals surface area contributed by atoms with Crippen molar-refractivity contribution in [1.82, 2.24) is 0 Å². The van der Waals surface area contributed by atoms with Gasteiger partial charge in [-0.05, 0) is 46.9 Å². The number of nitrogens with one attached hydrogen (secondary N) is 1. The van der Waals surface area contributed by atoms with Gasteiger partial charge in [-0.25, -0.2) is 18.0 Å². The van der Waals surface area contributed by atoms with Gasteiger partial charge in [-0.1, -0.05) is 0 Å². The van der Waals surface area contributed by atoms with Crippen LogP contribution in [0.1, 0.15) is 10.4 Å². The van der Waals surface area contributed by atoms with Crippen LogP contribution in [0.25, 0.3) is 0 Å². The van der Waals surface area contributed by atoms with Crippen molar-refractivity contribution in [1.29, 1.82) is 0 Å². The van der Waals surface area contributed by atoms with Gasteiger partial charge >= 0.3 is 5.97 Å². The molecular formula is C13H7F3INO2. The van der Waals surface area contributed by atoms with Crippen LogP contribution in [0, 0.1) is 21.0 Å². The Morgan fingerprint density at radius 2 is 1.65 bits per heavy atom. The molecule has 2 aromatic carbocycles. The van der Waals surface area contributed by atoms with E-state index in [0.29, 0.717) is 15.7 Å². The fraction of sp³-hybridized carbons (Fsp3) is 0. The third-order valence-electron chi connectivity index (χ3n) is 2.49. The zero-order valence-corrected chi connectivity index (χ0v) is 11.9. The highest BCUT2D eigenvalue weighted by molar-refractivity contribution is 14.1. The molecule has 0 spiro atoms. The second-order valence-electron chi connectivity index (χ2n) is 3.87. The summed E-state index contributed by atoms with van der Waals surface area (Å²) >= 11 is 1.91. The topological polar surface area (TPSA) is 49.3 Å². The van der Waals surface area contributed by atoms with Gasteiger partial charge in [0.25, 0.3) is 0 Å². The summed E-state index contributed by atoms with van der Waals surface area (Å²) in [5.41, 5.74) is -0.739. The minimum atomic E-state index is -1.45. The highest BCUT2D eigenvalue weighted by Crippen LogP contribution is 2.26. The van der Waals surface area contributed by atoms with Gasteiger partial charge in [-0.15, -0.1) is 0 Å². The molecule has 2 rings (SSSR count). The van der Waals surface area contributed by atoms with Crippen molar-refractivity contribution in [3.8, 4) is 0 Å². The van der Waals surface area contributed by atoms with Crippen LogP contribution in [0.2, 0.25) is 0 Å². The van der Waals surface area contributed by atoms with E-state index in [0.717, 1.165) is 0 Å². The van der Waals surface area contributed by atoms with Gasteiger partial charge in [-0.2, -0.15) is 0 Å². The van der Waals surface area contributed by atoms with E-state index in [2.05, 4.69) is 5.32 Å². The fourth-order valence-electron chi connectivity index (χ4n) is 1.56. The molecule has 0 saturated carbocycles. The monoisotopic (exact) mass is 393 g/mol. The summed E-state index contributed by atoms with van der Waals surface area (Å²) < 4.78 is 40.6. The summed E-state index contributed by atoms with van der Waals surface area (Å²) in [5, 5.41) is 11.4. The quantitative estimate of drug-likeness (QED) is 0.771. The number of hydrogen-bond acceptors (Lipinski definition) is 2. The molecule has 0 atom stereocenters. The van der Waals surface area contributed by atoms with Crippen molar-refractivity contribution < 1.29 is 23.1 Å². The molecule has 0 aliphatic rings. The van der Waals surface area contributed by atoms with Crippen LogP contribution < -0.4 is 5.32 Å². The van der Waals surface area contributed by atoms with Gasteiger partial charge in [0.05, 0.1) is 16.9 Å². The molecule has 0 unspecified atom stereocenters. The molecule has 104 valence electrons. The molecule has 0 fully saturated rings. The number of carboxylic acid groups (broad SMARTS) is 1. The van der Waals surface area contributed by atoms with E-state index in [1.165, 1.54) is 12.1 Å². The van der Waals surface area contributed by atoms with Crippen molar-refractivity contribution >= 4 is 39.9 Å². The lowest BCUT2D eigenvalue weighted by Crippen LogP contribution is -2.06. The molecule has 0 heterocycles. The Morgan fingerprint density at radius 3 is 2.25 bits per heavy atom. The van der Waals surface area contributed by atoms with Crippen LogP contribution in [0.5, 0.6) is 0 Å². The number of aromatic carboxylic acids is 1. The number of halogens is 4. The summed E-state index contributed by atoms with van der Waals surface area (Å²) in [4.78, 5) is 11.0. The highest BCUT2D eigenvalue weighted by Gasteiger charge is 2.16. The van der Waals surface area contributed by atoms with E-state index >= 15 is 0 Å². The molecule has 2 N–H and O–H groups in total. The Morgan fingerprint density at radius 1 is 1.00 bits per heavy atom. The minimum Gasteiger partial charge on any atom is -0.478 e. The first-order valence-corrected chi connectivity index (χ1v) is 6.41. The molecular weight excluding hydrogens is 386 g/mol. The van der Waals surface area contributed by atoms with E-state index in [-0.39, 0.29) is 11.4 Å². The number of anilines is 2. The molecule has 2 aromatic rings. The molecule has 0 saturated heterocycles. The molecule has 7 heteroatoms. The Bertz CT molecular complexity index is 692. The zero-order chi connectivity index (χ0) is 14.9. The van der Waals surface area contributed by atoms with Crippen molar-refractivity contribution in [2.75, 3.05) is 5.32 Å². The van der Waals surface area contributed by atoms with Crippen LogP contribution in [-0.4, -0.2) is 11.1 Å². The van der Waals surface area contributed by atoms with Crippen LogP contribution in [-0.2, 0) is 0 Å². The molecule has 0 aliphatic carbocycles. The maximum atomic E-state index is 13.7. The van der Waals surface area contributed by atoms with Crippen LogP contribution in [0.4, 0.5) is 24.5 Å². The number of rotatable bonds is 3. The van der Waals surface area contributed by atoms with Crippen LogP contribution >= 0.6 is 22.6 Å². The van der Waals surface area contributed by atoms with Crippen LogP contribution in [0.3, 0.4) is 0 Å². The predicted octanol–water partition coefficient (Wildman–Crippen LogP) is 4.15. The van der Waals surface area contributed by atoms with Gasteiger partial charge in [0, 0.05) is 9.64 Å². The van der Waals surface area contributed by atoms with Crippen molar-refractivity contribution in [2.24, 2.45) is 0 Å². The largest absolute Gasteiger partial charge is 0.478 e. The van der Waals surface area contributed by atoms with E-state index in [1.807, 2.05) is 22.6 Å². The molecule has 20 heavy (non-hydrogen) atoms. The maximum Gasteiger partial charge on any atom is 0.337 e.